The molecule has 0 bridgehead atoms. The predicted octanol–water partition coefficient (Wildman–Crippen LogP) is 0.478. The maximum Gasteiger partial charge on any atom is 0.157 e. The summed E-state index contributed by atoms with van der Waals surface area (Å²) in [6.07, 6.45) is 2.35. The SMILES string of the molecule is CN(C(=S)SCC1=CCS(=O)(=O)C1)[C@H]1CCS(=O)(=O)C1. The smallest absolute Gasteiger partial charge is 0.157 e. The Hall–Kier alpha value is -0.120. The average molecular weight is 356 g/mol. The zero-order chi connectivity index (χ0) is 15.0. The van der Waals surface area contributed by atoms with Gasteiger partial charge in [-0.15, -0.1) is 0 Å². The van der Waals surface area contributed by atoms with Crippen molar-refractivity contribution in [3.05, 3.63) is 11.6 Å². The van der Waals surface area contributed by atoms with E-state index in [1.807, 2.05) is 4.90 Å². The lowest BCUT2D eigenvalue weighted by Gasteiger charge is -2.25. The summed E-state index contributed by atoms with van der Waals surface area (Å²) in [6, 6.07) is -0.0544. The van der Waals surface area contributed by atoms with Crippen LogP contribution in [0.2, 0.25) is 0 Å². The Balaban J connectivity index is 1.84. The Bertz CT molecular complexity index is 635. The third-order valence-electron chi connectivity index (χ3n) is 3.46. The van der Waals surface area contributed by atoms with E-state index in [2.05, 4.69) is 0 Å². The molecule has 0 aromatic carbocycles. The Kier molecular flexibility index (Phi) is 4.83. The van der Waals surface area contributed by atoms with E-state index in [0.717, 1.165) is 5.57 Å². The van der Waals surface area contributed by atoms with E-state index < -0.39 is 19.7 Å². The van der Waals surface area contributed by atoms with Crippen molar-refractivity contribution in [1.82, 2.24) is 4.90 Å². The van der Waals surface area contributed by atoms with Gasteiger partial charge in [-0.3, -0.25) is 0 Å². The summed E-state index contributed by atoms with van der Waals surface area (Å²) in [4.78, 5) is 1.83. The number of nitrogens with zero attached hydrogens (tertiary/aromatic N) is 1. The van der Waals surface area contributed by atoms with Crippen LogP contribution in [0.5, 0.6) is 0 Å². The molecule has 0 aromatic rings. The van der Waals surface area contributed by atoms with Crippen molar-refractivity contribution >= 4 is 48.0 Å². The first kappa shape index (κ1) is 16.3. The van der Waals surface area contributed by atoms with Gasteiger partial charge in [0, 0.05) is 18.8 Å². The van der Waals surface area contributed by atoms with E-state index in [0.29, 0.717) is 16.5 Å². The van der Waals surface area contributed by atoms with Crippen molar-refractivity contribution in [1.29, 1.82) is 0 Å². The van der Waals surface area contributed by atoms with Gasteiger partial charge in [0.2, 0.25) is 0 Å². The predicted molar refractivity (Wildman–Crippen MR) is 86.6 cm³/mol. The maximum atomic E-state index is 11.5. The molecule has 1 saturated heterocycles. The van der Waals surface area contributed by atoms with Crippen LogP contribution in [0.4, 0.5) is 0 Å². The van der Waals surface area contributed by atoms with Crippen LogP contribution in [0.3, 0.4) is 0 Å². The van der Waals surface area contributed by atoms with Gasteiger partial charge < -0.3 is 4.90 Å². The molecule has 20 heavy (non-hydrogen) atoms. The zero-order valence-electron chi connectivity index (χ0n) is 11.1. The van der Waals surface area contributed by atoms with E-state index >= 15 is 0 Å². The number of rotatable bonds is 3. The second kappa shape index (κ2) is 5.94. The topological polar surface area (TPSA) is 71.5 Å². The zero-order valence-corrected chi connectivity index (χ0v) is 14.4. The van der Waals surface area contributed by atoms with Crippen molar-refractivity contribution in [2.45, 2.75) is 12.5 Å². The Morgan fingerprint density at radius 2 is 2.10 bits per heavy atom. The fourth-order valence-corrected chi connectivity index (χ4v) is 6.74. The average Bonchev–Trinajstić information content (AvgIpc) is 2.87. The van der Waals surface area contributed by atoms with E-state index in [-0.39, 0.29) is 29.1 Å². The summed E-state index contributed by atoms with van der Waals surface area (Å²) in [7, 11) is -4.05. The highest BCUT2D eigenvalue weighted by Gasteiger charge is 2.31. The number of sulfone groups is 2. The van der Waals surface area contributed by atoms with Crippen molar-refractivity contribution in [2.24, 2.45) is 0 Å². The van der Waals surface area contributed by atoms with Crippen LogP contribution in [0.25, 0.3) is 0 Å². The molecule has 0 N–H and O–H groups in total. The monoisotopic (exact) mass is 355 g/mol. The molecule has 9 heteroatoms. The molecule has 0 spiro atoms. The molecule has 0 radical (unpaired) electrons. The molecule has 1 fully saturated rings. The van der Waals surface area contributed by atoms with Crippen molar-refractivity contribution in [3.63, 3.8) is 0 Å². The van der Waals surface area contributed by atoms with Gasteiger partial charge in [0.05, 0.1) is 23.0 Å². The minimum Gasteiger partial charge on any atom is -0.357 e. The van der Waals surface area contributed by atoms with Crippen LogP contribution in [0, 0.1) is 0 Å². The van der Waals surface area contributed by atoms with Crippen molar-refractivity contribution < 1.29 is 16.8 Å². The standard InChI is InChI=1S/C11H17NO4S4/c1-12(10-3-5-20(15,16)8-10)11(17)18-6-9-2-4-19(13,14)7-9/h2,10H,3-8H2,1H3/t10-/m0/s1. The van der Waals surface area contributed by atoms with Crippen molar-refractivity contribution in [3.8, 4) is 0 Å². The molecule has 0 saturated carbocycles. The Labute approximate surface area is 129 Å². The number of thioether (sulfide) groups is 1. The first-order valence-electron chi connectivity index (χ1n) is 6.17. The summed E-state index contributed by atoms with van der Waals surface area (Å²) >= 11 is 6.70. The molecule has 2 aliphatic heterocycles. The van der Waals surface area contributed by atoms with Crippen LogP contribution < -0.4 is 0 Å². The molecule has 2 heterocycles. The first-order valence-corrected chi connectivity index (χ1v) is 11.2. The highest BCUT2D eigenvalue weighted by Crippen LogP contribution is 2.23. The summed E-state index contributed by atoms with van der Waals surface area (Å²) in [5, 5.41) is 0. The molecular formula is C11H17NO4S4. The number of thiocarbonyl (C=S) groups is 1. The van der Waals surface area contributed by atoms with Gasteiger partial charge >= 0.3 is 0 Å². The molecule has 5 nitrogen and oxygen atoms in total. The number of hydrogen-bond donors (Lipinski definition) is 0. The van der Waals surface area contributed by atoms with Gasteiger partial charge in [0.1, 0.15) is 4.32 Å². The lowest BCUT2D eigenvalue weighted by atomic mass is 10.2. The lowest BCUT2D eigenvalue weighted by molar-refractivity contribution is 0.409. The highest BCUT2D eigenvalue weighted by molar-refractivity contribution is 8.23. The van der Waals surface area contributed by atoms with Crippen LogP contribution in [0.15, 0.2) is 11.6 Å². The maximum absolute atomic E-state index is 11.5. The number of hydrogen-bond acceptors (Lipinski definition) is 6. The lowest BCUT2D eigenvalue weighted by Crippen LogP contribution is -2.35. The Morgan fingerprint density at radius 1 is 1.40 bits per heavy atom. The van der Waals surface area contributed by atoms with Gasteiger partial charge in [0.25, 0.3) is 0 Å². The molecule has 2 aliphatic rings. The minimum absolute atomic E-state index is 0.0544. The summed E-state index contributed by atoms with van der Waals surface area (Å²) < 4.78 is 46.2. The van der Waals surface area contributed by atoms with Gasteiger partial charge in [0.15, 0.2) is 19.7 Å². The fourth-order valence-electron chi connectivity index (χ4n) is 2.23. The van der Waals surface area contributed by atoms with Gasteiger partial charge in [-0.1, -0.05) is 30.1 Å². The molecular weight excluding hydrogens is 338 g/mol. The summed E-state index contributed by atoms with van der Waals surface area (Å²) in [5.41, 5.74) is 0.879. The molecule has 114 valence electrons. The van der Waals surface area contributed by atoms with Crippen molar-refractivity contribution in [2.75, 3.05) is 35.8 Å². The minimum atomic E-state index is -2.94. The molecule has 0 aromatic heterocycles. The van der Waals surface area contributed by atoms with Gasteiger partial charge in [-0.05, 0) is 12.0 Å². The van der Waals surface area contributed by atoms with Gasteiger partial charge in [-0.25, -0.2) is 16.8 Å². The van der Waals surface area contributed by atoms with Crippen LogP contribution in [-0.4, -0.2) is 67.9 Å². The van der Waals surface area contributed by atoms with E-state index in [1.165, 1.54) is 11.8 Å². The summed E-state index contributed by atoms with van der Waals surface area (Å²) in [6.45, 7) is 0. The second-order valence-corrected chi connectivity index (χ2v) is 11.1. The molecule has 1 atom stereocenters. The van der Waals surface area contributed by atoms with Gasteiger partial charge in [-0.2, -0.15) is 0 Å². The third-order valence-corrected chi connectivity index (χ3v) is 8.38. The van der Waals surface area contributed by atoms with E-state index in [9.17, 15) is 16.8 Å². The second-order valence-electron chi connectivity index (χ2n) is 5.14. The third kappa shape index (κ3) is 4.19. The fraction of sp³-hybridized carbons (Fsp3) is 0.727. The quantitative estimate of drug-likeness (QED) is 0.538. The largest absolute Gasteiger partial charge is 0.357 e. The van der Waals surface area contributed by atoms with Crippen LogP contribution in [0.1, 0.15) is 6.42 Å². The summed E-state index contributed by atoms with van der Waals surface area (Å²) in [5.74, 6) is 1.17. The van der Waals surface area contributed by atoms with Crippen LogP contribution >= 0.6 is 24.0 Å². The molecule has 0 unspecified atom stereocenters. The van der Waals surface area contributed by atoms with Crippen LogP contribution in [-0.2, 0) is 19.7 Å². The molecule has 2 rings (SSSR count). The van der Waals surface area contributed by atoms with E-state index in [4.69, 9.17) is 12.2 Å². The molecule has 0 aliphatic carbocycles. The highest BCUT2D eigenvalue weighted by atomic mass is 32.2. The first-order chi connectivity index (χ1) is 9.19. The normalized spacial score (nSPS) is 27.2. The molecule has 0 amide bonds. The Morgan fingerprint density at radius 3 is 2.60 bits per heavy atom. The van der Waals surface area contributed by atoms with E-state index in [1.54, 1.807) is 13.1 Å².